The lowest BCUT2D eigenvalue weighted by atomic mass is 10.1. The molecule has 0 saturated heterocycles. The molecule has 1 aromatic rings. The van der Waals surface area contributed by atoms with Gasteiger partial charge in [0.15, 0.2) is 0 Å². The van der Waals surface area contributed by atoms with Crippen LogP contribution in [0.15, 0.2) is 30.3 Å². The van der Waals surface area contributed by atoms with Gasteiger partial charge in [-0.1, -0.05) is 43.2 Å². The van der Waals surface area contributed by atoms with Crippen LogP contribution in [0.3, 0.4) is 0 Å². The van der Waals surface area contributed by atoms with E-state index in [0.717, 1.165) is 12.8 Å². The SMILES string of the molecule is C[CH]C#CCCc1ccccc1. The first-order valence-electron chi connectivity index (χ1n) is 4.23. The molecule has 0 nitrogen and oxygen atoms in total. The summed E-state index contributed by atoms with van der Waals surface area (Å²) in [5, 5.41) is 0. The second-order valence-corrected chi connectivity index (χ2v) is 2.60. The van der Waals surface area contributed by atoms with Gasteiger partial charge in [0, 0.05) is 12.8 Å². The lowest BCUT2D eigenvalue weighted by molar-refractivity contribution is 1.03. The lowest BCUT2D eigenvalue weighted by Crippen LogP contribution is -1.81. The van der Waals surface area contributed by atoms with E-state index in [-0.39, 0.29) is 0 Å². The van der Waals surface area contributed by atoms with Gasteiger partial charge in [-0.25, -0.2) is 0 Å². The second kappa shape index (κ2) is 5.43. The molecule has 0 N–H and O–H groups in total. The topological polar surface area (TPSA) is 0 Å². The molecule has 0 unspecified atom stereocenters. The van der Waals surface area contributed by atoms with Crippen LogP contribution in [0.2, 0.25) is 0 Å². The van der Waals surface area contributed by atoms with Crippen molar-refractivity contribution in [3.63, 3.8) is 0 Å². The molecule has 0 atom stereocenters. The number of hydrogen-bond donors (Lipinski definition) is 0. The molecule has 1 radical (unpaired) electrons. The van der Waals surface area contributed by atoms with E-state index in [9.17, 15) is 0 Å². The van der Waals surface area contributed by atoms with Crippen LogP contribution in [0, 0.1) is 18.3 Å². The minimum atomic E-state index is 0.953. The summed E-state index contributed by atoms with van der Waals surface area (Å²) in [5.74, 6) is 6.02. The Morgan fingerprint density at radius 1 is 1.25 bits per heavy atom. The average Bonchev–Trinajstić information content (AvgIpc) is 2.14. The Labute approximate surface area is 74.6 Å². The minimum absolute atomic E-state index is 0.953. The third-order valence-corrected chi connectivity index (χ3v) is 1.63. The van der Waals surface area contributed by atoms with Crippen molar-refractivity contribution < 1.29 is 0 Å². The van der Waals surface area contributed by atoms with Crippen LogP contribution in [-0.4, -0.2) is 0 Å². The molecule has 61 valence electrons. The number of rotatable bonds is 2. The van der Waals surface area contributed by atoms with Crippen molar-refractivity contribution in [2.45, 2.75) is 19.8 Å². The Bertz CT molecular complexity index is 261. The van der Waals surface area contributed by atoms with Gasteiger partial charge in [0.1, 0.15) is 0 Å². The Hall–Kier alpha value is -1.22. The van der Waals surface area contributed by atoms with Gasteiger partial charge < -0.3 is 0 Å². The number of hydrogen-bond acceptors (Lipinski definition) is 0. The standard InChI is InChI=1S/C12H13/c1-2-3-4-6-9-12-10-7-5-8-11-12/h2,5,7-8,10-11H,6,9H2,1H3. The van der Waals surface area contributed by atoms with Crippen molar-refractivity contribution in [3.8, 4) is 11.8 Å². The van der Waals surface area contributed by atoms with Crippen LogP contribution in [0.5, 0.6) is 0 Å². The van der Waals surface area contributed by atoms with Crippen LogP contribution in [-0.2, 0) is 6.42 Å². The van der Waals surface area contributed by atoms with Crippen molar-refractivity contribution in [1.29, 1.82) is 0 Å². The molecule has 0 aromatic heterocycles. The summed E-state index contributed by atoms with van der Waals surface area (Å²) >= 11 is 0. The molecular formula is C12H13. The van der Waals surface area contributed by atoms with Crippen LogP contribution >= 0.6 is 0 Å². The van der Waals surface area contributed by atoms with E-state index >= 15 is 0 Å². The van der Waals surface area contributed by atoms with Gasteiger partial charge in [-0.15, -0.1) is 5.92 Å². The molecule has 12 heavy (non-hydrogen) atoms. The molecule has 1 rings (SSSR count). The highest BCUT2D eigenvalue weighted by Crippen LogP contribution is 2.00. The molecule has 0 fully saturated rings. The van der Waals surface area contributed by atoms with Gasteiger partial charge >= 0.3 is 0 Å². The van der Waals surface area contributed by atoms with Gasteiger partial charge in [-0.05, 0) is 12.0 Å². The zero-order valence-corrected chi connectivity index (χ0v) is 7.38. The molecule has 0 aliphatic heterocycles. The zero-order chi connectivity index (χ0) is 8.65. The summed E-state index contributed by atoms with van der Waals surface area (Å²) in [6.07, 6.45) is 3.89. The van der Waals surface area contributed by atoms with Crippen LogP contribution < -0.4 is 0 Å². The molecule has 0 spiro atoms. The van der Waals surface area contributed by atoms with Crippen LogP contribution in [0.1, 0.15) is 18.9 Å². The van der Waals surface area contributed by atoms with Gasteiger partial charge in [-0.3, -0.25) is 0 Å². The summed E-state index contributed by atoms with van der Waals surface area (Å²) in [5.41, 5.74) is 1.36. The van der Waals surface area contributed by atoms with Crippen LogP contribution in [0.4, 0.5) is 0 Å². The molecule has 0 heterocycles. The predicted molar refractivity (Wildman–Crippen MR) is 52.5 cm³/mol. The number of aryl methyl sites for hydroxylation is 1. The minimum Gasteiger partial charge on any atom is -0.103 e. The van der Waals surface area contributed by atoms with E-state index < -0.39 is 0 Å². The maximum atomic E-state index is 3.08. The normalized spacial score (nSPS) is 8.75. The molecule has 0 saturated carbocycles. The third kappa shape index (κ3) is 3.25. The summed E-state index contributed by atoms with van der Waals surface area (Å²) in [7, 11) is 0. The summed E-state index contributed by atoms with van der Waals surface area (Å²) in [6.45, 7) is 1.95. The first kappa shape index (κ1) is 8.87. The van der Waals surface area contributed by atoms with Gasteiger partial charge in [0.05, 0.1) is 0 Å². The highest BCUT2D eigenvalue weighted by Gasteiger charge is 1.86. The molecule has 0 aliphatic carbocycles. The van der Waals surface area contributed by atoms with Crippen molar-refractivity contribution in [1.82, 2.24) is 0 Å². The average molecular weight is 157 g/mol. The van der Waals surface area contributed by atoms with Crippen molar-refractivity contribution in [2.24, 2.45) is 0 Å². The Balaban J connectivity index is 2.34. The van der Waals surface area contributed by atoms with E-state index in [0.29, 0.717) is 0 Å². The monoisotopic (exact) mass is 157 g/mol. The van der Waals surface area contributed by atoms with Crippen molar-refractivity contribution in [2.75, 3.05) is 0 Å². The predicted octanol–water partition coefficient (Wildman–Crippen LogP) is 2.85. The number of benzene rings is 1. The quantitative estimate of drug-likeness (QED) is 0.579. The van der Waals surface area contributed by atoms with E-state index in [1.807, 2.05) is 19.4 Å². The molecule has 0 aliphatic rings. The van der Waals surface area contributed by atoms with Crippen molar-refractivity contribution >= 4 is 0 Å². The first-order chi connectivity index (χ1) is 5.93. The lowest BCUT2D eigenvalue weighted by Gasteiger charge is -1.94. The molecule has 1 aromatic carbocycles. The highest BCUT2D eigenvalue weighted by molar-refractivity contribution is 5.17. The maximum absolute atomic E-state index is 3.08. The highest BCUT2D eigenvalue weighted by atomic mass is 13.9. The Morgan fingerprint density at radius 3 is 2.67 bits per heavy atom. The fourth-order valence-corrected chi connectivity index (χ4v) is 1.03. The fourth-order valence-electron chi connectivity index (χ4n) is 1.03. The summed E-state index contributed by atoms with van der Waals surface area (Å²) in [6, 6.07) is 10.4. The zero-order valence-electron chi connectivity index (χ0n) is 7.38. The van der Waals surface area contributed by atoms with E-state index in [2.05, 4.69) is 36.1 Å². The van der Waals surface area contributed by atoms with Gasteiger partial charge in [-0.2, -0.15) is 0 Å². The van der Waals surface area contributed by atoms with E-state index in [1.54, 1.807) is 0 Å². The summed E-state index contributed by atoms with van der Waals surface area (Å²) < 4.78 is 0. The molecular weight excluding hydrogens is 144 g/mol. The Kier molecular flexibility index (Phi) is 4.02. The first-order valence-corrected chi connectivity index (χ1v) is 4.23. The fraction of sp³-hybridized carbons (Fsp3) is 0.250. The smallest absolute Gasteiger partial charge is 0.0309 e. The van der Waals surface area contributed by atoms with Gasteiger partial charge in [0.25, 0.3) is 0 Å². The van der Waals surface area contributed by atoms with E-state index in [1.165, 1.54) is 5.56 Å². The van der Waals surface area contributed by atoms with E-state index in [4.69, 9.17) is 0 Å². The third-order valence-electron chi connectivity index (χ3n) is 1.63. The molecule has 0 heteroatoms. The second-order valence-electron chi connectivity index (χ2n) is 2.60. The maximum Gasteiger partial charge on any atom is 0.0309 e. The Morgan fingerprint density at radius 2 is 2.00 bits per heavy atom. The van der Waals surface area contributed by atoms with Crippen molar-refractivity contribution in [3.05, 3.63) is 42.3 Å². The van der Waals surface area contributed by atoms with Crippen LogP contribution in [0.25, 0.3) is 0 Å². The largest absolute Gasteiger partial charge is 0.103 e. The molecule has 0 amide bonds. The molecule has 0 bridgehead atoms. The van der Waals surface area contributed by atoms with Gasteiger partial charge in [0.2, 0.25) is 0 Å². The summed E-state index contributed by atoms with van der Waals surface area (Å²) in [4.78, 5) is 0.